The zero-order valence-corrected chi connectivity index (χ0v) is 7.58. The highest BCUT2D eigenvalue weighted by Crippen LogP contribution is 2.39. The summed E-state index contributed by atoms with van der Waals surface area (Å²) < 4.78 is 5.50. The molecule has 1 aliphatic rings. The van der Waals surface area contributed by atoms with Crippen LogP contribution in [-0.2, 0) is 6.42 Å². The Hall–Kier alpha value is -0.860. The predicted octanol–water partition coefficient (Wildman–Crippen LogP) is 2.15. The van der Waals surface area contributed by atoms with Crippen molar-refractivity contribution in [3.8, 4) is 0 Å². The van der Waals surface area contributed by atoms with Crippen molar-refractivity contribution in [3.63, 3.8) is 0 Å². The molecule has 0 N–H and O–H groups in total. The minimum absolute atomic E-state index is 0.582. The highest BCUT2D eigenvalue weighted by Gasteiger charge is 2.29. The van der Waals surface area contributed by atoms with Crippen LogP contribution in [0.4, 0.5) is 0 Å². The van der Waals surface area contributed by atoms with Crippen LogP contribution in [-0.4, -0.2) is 10.2 Å². The van der Waals surface area contributed by atoms with Crippen molar-refractivity contribution >= 4 is 0 Å². The zero-order chi connectivity index (χ0) is 8.55. The summed E-state index contributed by atoms with van der Waals surface area (Å²) >= 11 is 0. The van der Waals surface area contributed by atoms with Crippen molar-refractivity contribution in [1.82, 2.24) is 10.2 Å². The topological polar surface area (TPSA) is 38.9 Å². The van der Waals surface area contributed by atoms with Gasteiger partial charge in [0.25, 0.3) is 0 Å². The molecule has 1 aliphatic carbocycles. The van der Waals surface area contributed by atoms with E-state index in [-0.39, 0.29) is 0 Å². The van der Waals surface area contributed by atoms with Crippen LogP contribution in [0.15, 0.2) is 4.42 Å². The maximum absolute atomic E-state index is 5.50. The van der Waals surface area contributed by atoms with E-state index in [0.29, 0.717) is 11.8 Å². The Morgan fingerprint density at radius 1 is 1.42 bits per heavy atom. The number of hydrogen-bond donors (Lipinski definition) is 0. The molecule has 0 unspecified atom stereocenters. The first-order valence-electron chi connectivity index (χ1n) is 4.58. The predicted molar refractivity (Wildman–Crippen MR) is 44.8 cm³/mol. The lowest BCUT2D eigenvalue weighted by Gasteiger charge is -1.96. The summed E-state index contributed by atoms with van der Waals surface area (Å²) in [6.45, 7) is 4.31. The lowest BCUT2D eigenvalue weighted by Crippen LogP contribution is -1.93. The first-order chi connectivity index (χ1) is 5.75. The first kappa shape index (κ1) is 7.77. The van der Waals surface area contributed by atoms with Gasteiger partial charge in [-0.3, -0.25) is 0 Å². The van der Waals surface area contributed by atoms with Crippen LogP contribution in [0.1, 0.15) is 44.4 Å². The van der Waals surface area contributed by atoms with E-state index in [9.17, 15) is 0 Å². The molecule has 0 radical (unpaired) electrons. The molecular formula is C9H14N2O. The van der Waals surface area contributed by atoms with Gasteiger partial charge in [-0.25, -0.2) is 0 Å². The summed E-state index contributed by atoms with van der Waals surface area (Å²) in [7, 11) is 0. The highest BCUT2D eigenvalue weighted by atomic mass is 16.4. The van der Waals surface area contributed by atoms with Crippen LogP contribution in [0.3, 0.4) is 0 Å². The van der Waals surface area contributed by atoms with Gasteiger partial charge in [0.2, 0.25) is 11.8 Å². The van der Waals surface area contributed by atoms with Gasteiger partial charge < -0.3 is 4.42 Å². The second-order valence-electron chi connectivity index (χ2n) is 3.91. The van der Waals surface area contributed by atoms with Crippen molar-refractivity contribution < 1.29 is 4.42 Å². The van der Waals surface area contributed by atoms with Crippen LogP contribution >= 0.6 is 0 Å². The minimum atomic E-state index is 0.582. The molecule has 1 fully saturated rings. The number of aromatic nitrogens is 2. The van der Waals surface area contributed by atoms with E-state index < -0.39 is 0 Å². The molecule has 1 aromatic heterocycles. The Morgan fingerprint density at radius 3 is 2.75 bits per heavy atom. The lowest BCUT2D eigenvalue weighted by molar-refractivity contribution is 0.426. The molecule has 0 aliphatic heterocycles. The SMILES string of the molecule is CC(C)Cc1nnc(C2CC2)o1. The van der Waals surface area contributed by atoms with E-state index in [1.54, 1.807) is 0 Å². The molecule has 0 aromatic carbocycles. The second-order valence-corrected chi connectivity index (χ2v) is 3.91. The van der Waals surface area contributed by atoms with Gasteiger partial charge in [-0.05, 0) is 18.8 Å². The van der Waals surface area contributed by atoms with Crippen LogP contribution < -0.4 is 0 Å². The van der Waals surface area contributed by atoms with E-state index in [1.807, 2.05) is 0 Å². The Morgan fingerprint density at radius 2 is 2.17 bits per heavy atom. The molecule has 1 heterocycles. The Labute approximate surface area is 72.2 Å². The van der Waals surface area contributed by atoms with E-state index in [1.165, 1.54) is 12.8 Å². The maximum atomic E-state index is 5.50. The smallest absolute Gasteiger partial charge is 0.219 e. The molecule has 1 aromatic rings. The van der Waals surface area contributed by atoms with Crippen LogP contribution in [0.5, 0.6) is 0 Å². The van der Waals surface area contributed by atoms with Crippen molar-refractivity contribution in [2.45, 2.75) is 39.0 Å². The summed E-state index contributed by atoms with van der Waals surface area (Å²) in [5.41, 5.74) is 0. The molecule has 3 nitrogen and oxygen atoms in total. The van der Waals surface area contributed by atoms with Gasteiger partial charge in [-0.2, -0.15) is 0 Å². The average molecular weight is 166 g/mol. The minimum Gasteiger partial charge on any atom is -0.425 e. The fraction of sp³-hybridized carbons (Fsp3) is 0.778. The standard InChI is InChI=1S/C9H14N2O/c1-6(2)5-8-10-11-9(12-8)7-3-4-7/h6-7H,3-5H2,1-2H3. The zero-order valence-electron chi connectivity index (χ0n) is 7.58. The van der Waals surface area contributed by atoms with Crippen molar-refractivity contribution in [2.75, 3.05) is 0 Å². The lowest BCUT2D eigenvalue weighted by atomic mass is 10.1. The quantitative estimate of drug-likeness (QED) is 0.690. The molecule has 1 saturated carbocycles. The van der Waals surface area contributed by atoms with Gasteiger partial charge in [0.15, 0.2) is 0 Å². The molecule has 2 rings (SSSR count). The molecule has 12 heavy (non-hydrogen) atoms. The molecule has 66 valence electrons. The van der Waals surface area contributed by atoms with Crippen LogP contribution in [0, 0.1) is 5.92 Å². The third-order valence-electron chi connectivity index (χ3n) is 1.99. The monoisotopic (exact) mass is 166 g/mol. The Kier molecular flexibility index (Phi) is 1.87. The van der Waals surface area contributed by atoms with Gasteiger partial charge >= 0.3 is 0 Å². The van der Waals surface area contributed by atoms with Crippen molar-refractivity contribution in [3.05, 3.63) is 11.8 Å². The highest BCUT2D eigenvalue weighted by molar-refractivity contribution is 5.00. The number of rotatable bonds is 3. The first-order valence-corrected chi connectivity index (χ1v) is 4.58. The fourth-order valence-corrected chi connectivity index (χ4v) is 1.19. The molecule has 0 spiro atoms. The summed E-state index contributed by atoms with van der Waals surface area (Å²) in [4.78, 5) is 0. The van der Waals surface area contributed by atoms with E-state index in [4.69, 9.17) is 4.42 Å². The summed E-state index contributed by atoms with van der Waals surface area (Å²) in [5, 5.41) is 8.02. The van der Waals surface area contributed by atoms with E-state index >= 15 is 0 Å². The fourth-order valence-electron chi connectivity index (χ4n) is 1.19. The maximum Gasteiger partial charge on any atom is 0.219 e. The van der Waals surface area contributed by atoms with Gasteiger partial charge in [-0.15, -0.1) is 10.2 Å². The number of nitrogens with zero attached hydrogens (tertiary/aromatic N) is 2. The third kappa shape index (κ3) is 1.65. The summed E-state index contributed by atoms with van der Waals surface area (Å²) in [6, 6.07) is 0. The van der Waals surface area contributed by atoms with Gasteiger partial charge in [0, 0.05) is 12.3 Å². The largest absolute Gasteiger partial charge is 0.425 e. The molecule has 0 bridgehead atoms. The summed E-state index contributed by atoms with van der Waals surface area (Å²) in [5.74, 6) is 2.83. The van der Waals surface area contributed by atoms with Gasteiger partial charge in [-0.1, -0.05) is 13.8 Å². The normalized spacial score (nSPS) is 17.2. The second kappa shape index (κ2) is 2.88. The van der Waals surface area contributed by atoms with Gasteiger partial charge in [0.1, 0.15) is 0 Å². The molecule has 3 heteroatoms. The van der Waals surface area contributed by atoms with E-state index in [0.717, 1.165) is 18.2 Å². The average Bonchev–Trinajstić information content (AvgIpc) is 2.73. The van der Waals surface area contributed by atoms with Gasteiger partial charge in [0.05, 0.1) is 0 Å². The van der Waals surface area contributed by atoms with Crippen LogP contribution in [0.2, 0.25) is 0 Å². The molecular weight excluding hydrogens is 152 g/mol. The van der Waals surface area contributed by atoms with Crippen molar-refractivity contribution in [2.24, 2.45) is 5.92 Å². The molecule has 0 amide bonds. The Balaban J connectivity index is 2.03. The molecule has 0 saturated heterocycles. The van der Waals surface area contributed by atoms with E-state index in [2.05, 4.69) is 24.0 Å². The van der Waals surface area contributed by atoms with Crippen molar-refractivity contribution in [1.29, 1.82) is 0 Å². The third-order valence-corrected chi connectivity index (χ3v) is 1.99. The molecule has 0 atom stereocenters. The summed E-state index contributed by atoms with van der Waals surface area (Å²) in [6.07, 6.45) is 3.35. The number of hydrogen-bond acceptors (Lipinski definition) is 3. The van der Waals surface area contributed by atoms with Crippen LogP contribution in [0.25, 0.3) is 0 Å². The Bertz CT molecular complexity index is 263.